The number of esters is 1. The Morgan fingerprint density at radius 2 is 1.97 bits per heavy atom. The highest BCUT2D eigenvalue weighted by Gasteiger charge is 2.15. The molecule has 2 aromatic carbocycles. The molecule has 0 aliphatic heterocycles. The molecule has 0 saturated heterocycles. The van der Waals surface area contributed by atoms with Gasteiger partial charge in [-0.15, -0.1) is 0 Å². The van der Waals surface area contributed by atoms with Gasteiger partial charge in [-0.3, -0.25) is 9.36 Å². The van der Waals surface area contributed by atoms with Crippen LogP contribution in [0.4, 0.5) is 0 Å². The number of hydrogen-bond donors (Lipinski definition) is 0. The standard InChI is InChI=1S/C22H24N2O4S/c1-4-5-12-24-20(25)17-11-10-15(21(26)28-3)13-18(17)23-22(24)29-14-16-8-6-7-9-19(16)27-2/h6-11,13H,4-5,12,14H2,1-3H3. The van der Waals surface area contributed by atoms with Crippen molar-refractivity contribution in [2.24, 2.45) is 0 Å². The van der Waals surface area contributed by atoms with Gasteiger partial charge in [0.05, 0.1) is 30.7 Å². The molecule has 0 amide bonds. The molecule has 0 aliphatic rings. The van der Waals surface area contributed by atoms with Crippen molar-refractivity contribution in [2.75, 3.05) is 14.2 Å². The second-order valence-corrected chi connectivity index (χ2v) is 7.47. The van der Waals surface area contributed by atoms with E-state index in [1.54, 1.807) is 29.9 Å². The fourth-order valence-corrected chi connectivity index (χ4v) is 4.05. The first-order valence-electron chi connectivity index (χ1n) is 9.46. The summed E-state index contributed by atoms with van der Waals surface area (Å²) in [7, 11) is 2.97. The predicted octanol–water partition coefficient (Wildman–Crippen LogP) is 4.28. The van der Waals surface area contributed by atoms with E-state index in [1.807, 2.05) is 24.3 Å². The maximum atomic E-state index is 13.1. The Hall–Kier alpha value is -2.80. The van der Waals surface area contributed by atoms with Crippen molar-refractivity contribution in [1.82, 2.24) is 9.55 Å². The van der Waals surface area contributed by atoms with E-state index in [0.717, 1.165) is 24.2 Å². The SMILES string of the molecule is CCCCn1c(SCc2ccccc2OC)nc2cc(C(=O)OC)ccc2c1=O. The summed E-state index contributed by atoms with van der Waals surface area (Å²) < 4.78 is 11.9. The van der Waals surface area contributed by atoms with Crippen LogP contribution in [0.2, 0.25) is 0 Å². The number of hydrogen-bond acceptors (Lipinski definition) is 6. The Kier molecular flexibility index (Phi) is 6.93. The summed E-state index contributed by atoms with van der Waals surface area (Å²) in [5.41, 5.74) is 1.80. The molecule has 1 heterocycles. The number of methoxy groups -OCH3 is 2. The summed E-state index contributed by atoms with van der Waals surface area (Å²) >= 11 is 1.48. The van der Waals surface area contributed by atoms with Crippen molar-refractivity contribution in [3.63, 3.8) is 0 Å². The molecule has 3 rings (SSSR count). The molecule has 6 nitrogen and oxygen atoms in total. The van der Waals surface area contributed by atoms with Crippen LogP contribution < -0.4 is 10.3 Å². The highest BCUT2D eigenvalue weighted by molar-refractivity contribution is 7.98. The van der Waals surface area contributed by atoms with Crippen LogP contribution in [-0.2, 0) is 17.0 Å². The molecule has 0 N–H and O–H groups in total. The first-order chi connectivity index (χ1) is 14.1. The number of benzene rings is 2. The van der Waals surface area contributed by atoms with Gasteiger partial charge in [0, 0.05) is 17.9 Å². The van der Waals surface area contributed by atoms with Crippen LogP contribution in [0.25, 0.3) is 10.9 Å². The summed E-state index contributed by atoms with van der Waals surface area (Å²) in [6, 6.07) is 12.6. The molecular weight excluding hydrogens is 388 g/mol. The van der Waals surface area contributed by atoms with Crippen LogP contribution in [0.15, 0.2) is 52.4 Å². The molecule has 0 spiro atoms. The number of thioether (sulfide) groups is 1. The lowest BCUT2D eigenvalue weighted by molar-refractivity contribution is 0.0601. The largest absolute Gasteiger partial charge is 0.496 e. The van der Waals surface area contributed by atoms with E-state index < -0.39 is 5.97 Å². The lowest BCUT2D eigenvalue weighted by Gasteiger charge is -2.14. The van der Waals surface area contributed by atoms with Crippen molar-refractivity contribution >= 4 is 28.6 Å². The van der Waals surface area contributed by atoms with Gasteiger partial charge in [-0.1, -0.05) is 43.3 Å². The van der Waals surface area contributed by atoms with E-state index in [4.69, 9.17) is 14.5 Å². The molecule has 0 atom stereocenters. The highest BCUT2D eigenvalue weighted by atomic mass is 32.2. The van der Waals surface area contributed by atoms with Crippen LogP contribution in [-0.4, -0.2) is 29.7 Å². The van der Waals surface area contributed by atoms with E-state index in [2.05, 4.69) is 6.92 Å². The number of ether oxygens (including phenoxy) is 2. The van der Waals surface area contributed by atoms with Gasteiger partial charge in [0.1, 0.15) is 5.75 Å². The van der Waals surface area contributed by atoms with E-state index in [0.29, 0.717) is 33.9 Å². The van der Waals surface area contributed by atoms with E-state index in [-0.39, 0.29) is 5.56 Å². The number of carbonyl (C=O) groups excluding carboxylic acids is 1. The van der Waals surface area contributed by atoms with Crippen LogP contribution in [0.1, 0.15) is 35.7 Å². The fraction of sp³-hybridized carbons (Fsp3) is 0.318. The quantitative estimate of drug-likeness (QED) is 0.312. The fourth-order valence-electron chi connectivity index (χ4n) is 3.03. The van der Waals surface area contributed by atoms with E-state index >= 15 is 0 Å². The summed E-state index contributed by atoms with van der Waals surface area (Å²) in [6.45, 7) is 2.69. The van der Waals surface area contributed by atoms with Gasteiger partial charge < -0.3 is 9.47 Å². The zero-order valence-electron chi connectivity index (χ0n) is 16.8. The van der Waals surface area contributed by atoms with Gasteiger partial charge in [0.15, 0.2) is 5.16 Å². The second-order valence-electron chi connectivity index (χ2n) is 6.53. The smallest absolute Gasteiger partial charge is 0.337 e. The minimum absolute atomic E-state index is 0.0950. The maximum absolute atomic E-state index is 13.1. The minimum atomic E-state index is -0.452. The van der Waals surface area contributed by atoms with Crippen molar-refractivity contribution in [3.05, 3.63) is 63.9 Å². The zero-order chi connectivity index (χ0) is 20.8. The molecule has 0 fully saturated rings. The Morgan fingerprint density at radius 3 is 2.69 bits per heavy atom. The first-order valence-corrected chi connectivity index (χ1v) is 10.4. The molecule has 3 aromatic rings. The van der Waals surface area contributed by atoms with Crippen LogP contribution in [0.5, 0.6) is 5.75 Å². The lowest BCUT2D eigenvalue weighted by Crippen LogP contribution is -2.23. The van der Waals surface area contributed by atoms with Gasteiger partial charge in [0.2, 0.25) is 0 Å². The Bertz CT molecular complexity index is 1080. The van der Waals surface area contributed by atoms with E-state index in [9.17, 15) is 9.59 Å². The van der Waals surface area contributed by atoms with Crippen molar-refractivity contribution in [1.29, 1.82) is 0 Å². The normalized spacial score (nSPS) is 10.9. The molecule has 0 aliphatic carbocycles. The van der Waals surface area contributed by atoms with Crippen LogP contribution in [0, 0.1) is 0 Å². The van der Waals surface area contributed by atoms with E-state index in [1.165, 1.54) is 18.9 Å². The Balaban J connectivity index is 2.04. The average molecular weight is 413 g/mol. The molecular formula is C22H24N2O4S. The minimum Gasteiger partial charge on any atom is -0.496 e. The Morgan fingerprint density at radius 1 is 1.17 bits per heavy atom. The molecule has 0 bridgehead atoms. The third-order valence-electron chi connectivity index (χ3n) is 4.63. The molecule has 0 radical (unpaired) electrons. The summed E-state index contributed by atoms with van der Waals surface area (Å²) in [4.78, 5) is 29.7. The molecule has 0 saturated carbocycles. The molecule has 7 heteroatoms. The number of fused-ring (bicyclic) bond motifs is 1. The van der Waals surface area contributed by atoms with Gasteiger partial charge in [-0.25, -0.2) is 9.78 Å². The monoisotopic (exact) mass is 412 g/mol. The van der Waals surface area contributed by atoms with Crippen molar-refractivity contribution in [3.8, 4) is 5.75 Å². The predicted molar refractivity (Wildman–Crippen MR) is 115 cm³/mol. The van der Waals surface area contributed by atoms with Gasteiger partial charge >= 0.3 is 5.97 Å². The number of aromatic nitrogens is 2. The van der Waals surface area contributed by atoms with Crippen molar-refractivity contribution < 1.29 is 14.3 Å². The number of para-hydroxylation sites is 1. The van der Waals surface area contributed by atoms with Crippen LogP contribution in [0.3, 0.4) is 0 Å². The summed E-state index contributed by atoms with van der Waals surface area (Å²) in [6.07, 6.45) is 1.86. The molecule has 152 valence electrons. The van der Waals surface area contributed by atoms with Gasteiger partial charge in [-0.2, -0.15) is 0 Å². The van der Waals surface area contributed by atoms with Crippen molar-refractivity contribution in [2.45, 2.75) is 37.2 Å². The maximum Gasteiger partial charge on any atom is 0.337 e. The molecule has 0 unspecified atom stereocenters. The van der Waals surface area contributed by atoms with Gasteiger partial charge in [0.25, 0.3) is 5.56 Å². The lowest BCUT2D eigenvalue weighted by atomic mass is 10.1. The van der Waals surface area contributed by atoms with Gasteiger partial charge in [-0.05, 0) is 30.7 Å². The first kappa shape index (κ1) is 20.9. The molecule has 29 heavy (non-hydrogen) atoms. The third kappa shape index (κ3) is 4.62. The second kappa shape index (κ2) is 9.60. The number of nitrogens with zero attached hydrogens (tertiary/aromatic N) is 2. The number of carbonyl (C=O) groups is 1. The zero-order valence-corrected chi connectivity index (χ0v) is 17.6. The topological polar surface area (TPSA) is 70.4 Å². The third-order valence-corrected chi connectivity index (χ3v) is 5.65. The number of unbranched alkanes of at least 4 members (excludes halogenated alkanes) is 1. The average Bonchev–Trinajstić information content (AvgIpc) is 2.76. The summed E-state index contributed by atoms with van der Waals surface area (Å²) in [5.74, 6) is 0.966. The number of rotatable bonds is 8. The molecule has 1 aromatic heterocycles. The highest BCUT2D eigenvalue weighted by Crippen LogP contribution is 2.27. The van der Waals surface area contributed by atoms with Crippen LogP contribution >= 0.6 is 11.8 Å². The summed E-state index contributed by atoms with van der Waals surface area (Å²) in [5, 5.41) is 1.12. The Labute approximate surface area is 173 Å².